The molecule has 0 radical (unpaired) electrons. The summed E-state index contributed by atoms with van der Waals surface area (Å²) < 4.78 is 7.32. The summed E-state index contributed by atoms with van der Waals surface area (Å²) in [6.07, 6.45) is 6.76. The van der Waals surface area contributed by atoms with Gasteiger partial charge in [-0.2, -0.15) is 5.10 Å². The second kappa shape index (κ2) is 4.38. The zero-order chi connectivity index (χ0) is 13.6. The highest BCUT2D eigenvalue weighted by atomic mass is 16.5. The van der Waals surface area contributed by atoms with Crippen molar-refractivity contribution >= 4 is 11.6 Å². The van der Waals surface area contributed by atoms with Crippen LogP contribution in [0.2, 0.25) is 0 Å². The molecule has 4 heteroatoms. The maximum absolute atomic E-state index is 9.57. The highest BCUT2D eigenvalue weighted by Crippen LogP contribution is 2.28. The van der Waals surface area contributed by atoms with Crippen LogP contribution in [-0.2, 0) is 11.3 Å². The van der Waals surface area contributed by atoms with E-state index in [0.29, 0.717) is 6.54 Å². The van der Waals surface area contributed by atoms with Crippen molar-refractivity contribution < 1.29 is 9.84 Å². The van der Waals surface area contributed by atoms with Crippen molar-refractivity contribution in [1.29, 1.82) is 0 Å². The van der Waals surface area contributed by atoms with Crippen LogP contribution in [0.25, 0.3) is 11.6 Å². The maximum Gasteiger partial charge on any atom is 0.126 e. The summed E-state index contributed by atoms with van der Waals surface area (Å²) in [5.41, 5.74) is 3.45. The number of aryl methyl sites for hydroxylation is 1. The number of allylic oxidation sites excluding steroid dienone is 3. The van der Waals surface area contributed by atoms with E-state index in [-0.39, 0.29) is 0 Å². The number of hydrogen-bond acceptors (Lipinski definition) is 3. The van der Waals surface area contributed by atoms with Gasteiger partial charge in [0.15, 0.2) is 0 Å². The molecule has 4 nitrogen and oxygen atoms in total. The average molecular weight is 258 g/mol. The van der Waals surface area contributed by atoms with E-state index in [4.69, 9.17) is 4.74 Å². The number of nitrogens with zero attached hydrogens (tertiary/aromatic N) is 2. The molecule has 0 fully saturated rings. The predicted molar refractivity (Wildman–Crippen MR) is 73.6 cm³/mol. The van der Waals surface area contributed by atoms with Gasteiger partial charge in [0, 0.05) is 10.8 Å². The van der Waals surface area contributed by atoms with E-state index < -0.39 is 6.10 Å². The number of aromatic nitrogens is 2. The molecule has 100 valence electrons. The van der Waals surface area contributed by atoms with Gasteiger partial charge in [-0.3, -0.25) is 4.68 Å². The third-order valence-electron chi connectivity index (χ3n) is 3.59. The molecule has 0 amide bonds. The van der Waals surface area contributed by atoms with Gasteiger partial charge < -0.3 is 9.84 Å². The fraction of sp³-hybridized carbons (Fsp3) is 0.400. The number of rotatable bonds is 3. The molecule has 1 aromatic rings. The van der Waals surface area contributed by atoms with E-state index in [1.807, 2.05) is 17.7 Å². The largest absolute Gasteiger partial charge is 0.496 e. The van der Waals surface area contributed by atoms with Crippen LogP contribution in [0.15, 0.2) is 23.5 Å². The fourth-order valence-corrected chi connectivity index (χ4v) is 2.85. The van der Waals surface area contributed by atoms with E-state index in [1.165, 1.54) is 10.8 Å². The lowest BCUT2D eigenvalue weighted by Gasteiger charge is -2.12. The molecular weight excluding hydrogens is 240 g/mol. The van der Waals surface area contributed by atoms with Crippen LogP contribution in [0.4, 0.5) is 0 Å². The maximum atomic E-state index is 9.57. The van der Waals surface area contributed by atoms with Crippen LogP contribution < -0.4 is 10.6 Å². The molecule has 1 heterocycles. The first kappa shape index (κ1) is 12.2. The molecule has 1 atom stereocenters. The number of hydrogen-bond donors (Lipinski definition) is 1. The second-order valence-electron chi connectivity index (χ2n) is 5.09. The van der Waals surface area contributed by atoms with Crippen molar-refractivity contribution in [2.45, 2.75) is 32.9 Å². The van der Waals surface area contributed by atoms with Crippen molar-refractivity contribution in [1.82, 2.24) is 9.78 Å². The summed E-state index contributed by atoms with van der Waals surface area (Å²) in [5.74, 6) is 0.903. The first-order valence-electron chi connectivity index (χ1n) is 6.53. The summed E-state index contributed by atoms with van der Waals surface area (Å²) in [6, 6.07) is 0. The fourth-order valence-electron chi connectivity index (χ4n) is 2.85. The lowest BCUT2D eigenvalue weighted by atomic mass is 9.98. The van der Waals surface area contributed by atoms with Crippen molar-refractivity contribution in [2.24, 2.45) is 0 Å². The minimum atomic E-state index is -0.404. The first-order valence-corrected chi connectivity index (χ1v) is 6.53. The lowest BCUT2D eigenvalue weighted by molar-refractivity contribution is 0.167. The molecule has 1 unspecified atom stereocenters. The second-order valence-corrected chi connectivity index (χ2v) is 5.09. The molecule has 1 aromatic heterocycles. The first-order chi connectivity index (χ1) is 9.11. The predicted octanol–water partition coefficient (Wildman–Crippen LogP) is 0.378. The topological polar surface area (TPSA) is 47.3 Å². The lowest BCUT2D eigenvalue weighted by Crippen LogP contribution is -2.31. The van der Waals surface area contributed by atoms with E-state index in [0.717, 1.165) is 28.8 Å². The molecule has 0 aromatic carbocycles. The Bertz CT molecular complexity index is 705. The third-order valence-corrected chi connectivity index (χ3v) is 3.59. The molecule has 19 heavy (non-hydrogen) atoms. The Hall–Kier alpha value is -1.81. The van der Waals surface area contributed by atoms with Crippen molar-refractivity contribution in [3.63, 3.8) is 0 Å². The number of ether oxygens (including phenoxy) is 1. The van der Waals surface area contributed by atoms with Gasteiger partial charge in [-0.25, -0.2) is 0 Å². The van der Waals surface area contributed by atoms with Crippen LogP contribution >= 0.6 is 0 Å². The monoisotopic (exact) mass is 258 g/mol. The van der Waals surface area contributed by atoms with E-state index in [1.54, 1.807) is 14.0 Å². The van der Waals surface area contributed by atoms with Crippen molar-refractivity contribution in [2.75, 3.05) is 7.11 Å². The number of fused-ring (bicyclic) bond motifs is 2. The van der Waals surface area contributed by atoms with Crippen molar-refractivity contribution in [3.05, 3.63) is 39.7 Å². The molecule has 0 aliphatic heterocycles. The Morgan fingerprint density at radius 3 is 3.00 bits per heavy atom. The average Bonchev–Trinajstić information content (AvgIpc) is 2.88. The standard InChI is InChI=1S/C15H18N2O2/c1-9(18)8-17-13-7-12-11(15(13)10(2)16-17)5-4-6-14(12)19-3/h4,6-7,9,18H,5,8H2,1-3H3. The Morgan fingerprint density at radius 2 is 2.32 bits per heavy atom. The smallest absolute Gasteiger partial charge is 0.126 e. The Labute approximate surface area is 112 Å². The van der Waals surface area contributed by atoms with Crippen molar-refractivity contribution in [3.8, 4) is 0 Å². The van der Waals surface area contributed by atoms with Crippen LogP contribution in [0.1, 0.15) is 19.0 Å². The summed E-state index contributed by atoms with van der Waals surface area (Å²) in [4.78, 5) is 0. The highest BCUT2D eigenvalue weighted by Gasteiger charge is 2.22. The van der Waals surface area contributed by atoms with E-state index >= 15 is 0 Å². The number of aliphatic hydroxyl groups excluding tert-OH is 1. The van der Waals surface area contributed by atoms with Crippen LogP contribution in [-0.4, -0.2) is 28.1 Å². The molecule has 1 N–H and O–H groups in total. The normalized spacial score (nSPS) is 18.2. The molecule has 3 rings (SSSR count). The number of aliphatic hydroxyl groups is 1. The molecule has 2 aliphatic rings. The van der Waals surface area contributed by atoms with E-state index in [9.17, 15) is 5.11 Å². The summed E-state index contributed by atoms with van der Waals surface area (Å²) in [6.45, 7) is 4.31. The van der Waals surface area contributed by atoms with Gasteiger partial charge >= 0.3 is 0 Å². The van der Waals surface area contributed by atoms with Gasteiger partial charge in [0.25, 0.3) is 0 Å². The highest BCUT2D eigenvalue weighted by molar-refractivity contribution is 5.85. The minimum Gasteiger partial charge on any atom is -0.496 e. The minimum absolute atomic E-state index is 0.404. The quantitative estimate of drug-likeness (QED) is 0.852. The van der Waals surface area contributed by atoms with Crippen LogP contribution in [0, 0.1) is 6.92 Å². The zero-order valence-electron chi connectivity index (χ0n) is 11.5. The molecule has 0 saturated carbocycles. The van der Waals surface area contributed by atoms with Gasteiger partial charge in [-0.05, 0) is 38.0 Å². The molecule has 0 spiro atoms. The van der Waals surface area contributed by atoms with Gasteiger partial charge in [0.1, 0.15) is 5.76 Å². The Kier molecular flexibility index (Phi) is 2.82. The van der Waals surface area contributed by atoms with Crippen LogP contribution in [0.3, 0.4) is 0 Å². The molecule has 0 bridgehead atoms. The van der Waals surface area contributed by atoms with Gasteiger partial charge in [0.2, 0.25) is 0 Å². The van der Waals surface area contributed by atoms with E-state index in [2.05, 4.69) is 17.3 Å². The summed E-state index contributed by atoms with van der Waals surface area (Å²) >= 11 is 0. The Balaban J connectivity index is 2.25. The number of methoxy groups -OCH3 is 1. The zero-order valence-corrected chi connectivity index (χ0v) is 11.5. The Morgan fingerprint density at radius 1 is 1.53 bits per heavy atom. The van der Waals surface area contributed by atoms with Gasteiger partial charge in [-0.15, -0.1) is 0 Å². The van der Waals surface area contributed by atoms with Crippen LogP contribution in [0.5, 0.6) is 0 Å². The summed E-state index contributed by atoms with van der Waals surface area (Å²) in [5, 5.41) is 16.4. The molecule has 0 saturated heterocycles. The summed E-state index contributed by atoms with van der Waals surface area (Å²) in [7, 11) is 1.70. The molecular formula is C15H18N2O2. The van der Waals surface area contributed by atoms with Gasteiger partial charge in [-0.1, -0.05) is 6.08 Å². The SMILES string of the molecule is COC1=C2C=c3c(c(C)nn3CC(C)O)=C2CC=C1. The third kappa shape index (κ3) is 1.83. The van der Waals surface area contributed by atoms with Gasteiger partial charge in [0.05, 0.1) is 30.8 Å². The molecule has 2 aliphatic carbocycles.